The van der Waals surface area contributed by atoms with Gasteiger partial charge in [0, 0.05) is 30.1 Å². The third-order valence-corrected chi connectivity index (χ3v) is 8.29. The van der Waals surface area contributed by atoms with Crippen molar-refractivity contribution in [2.24, 2.45) is 0 Å². The molecule has 40 heavy (non-hydrogen) atoms. The Hall–Kier alpha value is -3.21. The minimum atomic E-state index is -0.633. The van der Waals surface area contributed by atoms with Crippen LogP contribution < -0.4 is 10.3 Å². The lowest BCUT2D eigenvalue weighted by Crippen LogP contribution is -2.30. The lowest BCUT2D eigenvalue weighted by atomic mass is 9.79. The van der Waals surface area contributed by atoms with Crippen LogP contribution in [0, 0.1) is 19.7 Å². The van der Waals surface area contributed by atoms with E-state index in [9.17, 15) is 14.3 Å². The molecule has 5 rings (SSSR count). The predicted octanol–water partition coefficient (Wildman–Crippen LogP) is 6.24. The number of hydrogen-bond acceptors (Lipinski definition) is 7. The summed E-state index contributed by atoms with van der Waals surface area (Å²) in [6.07, 6.45) is 7.58. The lowest BCUT2D eigenvalue weighted by Gasteiger charge is -2.32. The summed E-state index contributed by atoms with van der Waals surface area (Å²) in [6.45, 7) is 5.53. The first-order valence-corrected chi connectivity index (χ1v) is 14.1. The van der Waals surface area contributed by atoms with Crippen molar-refractivity contribution >= 4 is 27.5 Å². The minimum absolute atomic E-state index is 0.0341. The van der Waals surface area contributed by atoms with Gasteiger partial charge in [-0.2, -0.15) is 0 Å². The number of aromatic nitrogens is 5. The van der Waals surface area contributed by atoms with Crippen molar-refractivity contribution < 1.29 is 14.2 Å². The standard InChI is InChI=1S/C29H28BrClFN5O3/c1-16-13-34-22(21-6-9-33-27(36-21)18-4-7-29(3,39)8-5-18)12-24(16)37-17(2)10-25(26(30)28(37)38)40-15-23-20(31)11-19(32)14-35-23/h6,9-14,18,39H,4-5,7-8,15H2,1-3H3. The van der Waals surface area contributed by atoms with E-state index in [-0.39, 0.29) is 27.6 Å². The molecular formula is C29H28BrClFN5O3. The molecule has 1 fully saturated rings. The highest BCUT2D eigenvalue weighted by Gasteiger charge is 2.30. The van der Waals surface area contributed by atoms with Crippen molar-refractivity contribution in [3.63, 3.8) is 0 Å². The van der Waals surface area contributed by atoms with Gasteiger partial charge < -0.3 is 9.84 Å². The number of rotatable bonds is 6. The zero-order valence-corrected chi connectivity index (χ0v) is 24.6. The Morgan fingerprint density at radius 3 is 2.62 bits per heavy atom. The maximum absolute atomic E-state index is 13.5. The van der Waals surface area contributed by atoms with Crippen molar-refractivity contribution in [1.29, 1.82) is 0 Å². The first-order chi connectivity index (χ1) is 19.0. The monoisotopic (exact) mass is 627 g/mol. The maximum atomic E-state index is 13.5. The zero-order valence-electron chi connectivity index (χ0n) is 22.3. The molecule has 1 N–H and O–H groups in total. The quantitative estimate of drug-likeness (QED) is 0.270. The van der Waals surface area contributed by atoms with Crippen molar-refractivity contribution in [3.8, 4) is 22.8 Å². The Labute approximate surface area is 244 Å². The largest absolute Gasteiger partial charge is 0.486 e. The van der Waals surface area contributed by atoms with Crippen LogP contribution in [-0.4, -0.2) is 35.2 Å². The fourth-order valence-electron chi connectivity index (χ4n) is 4.89. The second-order valence-corrected chi connectivity index (χ2v) is 11.6. The maximum Gasteiger partial charge on any atom is 0.273 e. The van der Waals surface area contributed by atoms with Crippen molar-refractivity contribution in [2.75, 3.05) is 0 Å². The molecule has 4 aromatic heterocycles. The Bertz CT molecular complexity index is 1630. The third kappa shape index (κ3) is 5.94. The number of halogens is 3. The van der Waals surface area contributed by atoms with E-state index in [1.807, 2.05) is 26.8 Å². The van der Waals surface area contributed by atoms with E-state index in [0.29, 0.717) is 47.1 Å². The van der Waals surface area contributed by atoms with Gasteiger partial charge in [0.1, 0.15) is 28.5 Å². The van der Waals surface area contributed by atoms with Gasteiger partial charge in [-0.25, -0.2) is 14.4 Å². The zero-order chi connectivity index (χ0) is 28.6. The molecule has 0 aliphatic heterocycles. The van der Waals surface area contributed by atoms with Crippen LogP contribution in [0.25, 0.3) is 17.1 Å². The minimum Gasteiger partial charge on any atom is -0.486 e. The van der Waals surface area contributed by atoms with Crippen LogP contribution >= 0.6 is 27.5 Å². The average molecular weight is 629 g/mol. The summed E-state index contributed by atoms with van der Waals surface area (Å²) < 4.78 is 21.0. The molecule has 11 heteroatoms. The van der Waals surface area contributed by atoms with Gasteiger partial charge in [-0.3, -0.25) is 19.3 Å². The van der Waals surface area contributed by atoms with Crippen LogP contribution in [0.4, 0.5) is 4.39 Å². The van der Waals surface area contributed by atoms with Gasteiger partial charge in [0.2, 0.25) is 0 Å². The highest BCUT2D eigenvalue weighted by molar-refractivity contribution is 9.10. The number of aliphatic hydroxyl groups is 1. The first kappa shape index (κ1) is 28.3. The van der Waals surface area contributed by atoms with Gasteiger partial charge in [-0.15, -0.1) is 0 Å². The Kier molecular flexibility index (Phi) is 8.03. The molecule has 1 aliphatic carbocycles. The summed E-state index contributed by atoms with van der Waals surface area (Å²) in [7, 11) is 0. The van der Waals surface area contributed by atoms with Crippen LogP contribution in [0.15, 0.2) is 52.1 Å². The van der Waals surface area contributed by atoms with E-state index in [2.05, 4.69) is 30.9 Å². The average Bonchev–Trinajstić information content (AvgIpc) is 2.92. The molecule has 1 saturated carbocycles. The number of nitrogens with zero attached hydrogens (tertiary/aromatic N) is 5. The predicted molar refractivity (Wildman–Crippen MR) is 153 cm³/mol. The van der Waals surface area contributed by atoms with E-state index >= 15 is 0 Å². The lowest BCUT2D eigenvalue weighted by molar-refractivity contribution is 0.0164. The second kappa shape index (κ2) is 11.3. The molecule has 0 spiro atoms. The molecule has 4 heterocycles. The number of ether oxygens (including phenoxy) is 1. The molecule has 1 aliphatic rings. The normalized spacial score (nSPS) is 19.0. The number of pyridine rings is 3. The summed E-state index contributed by atoms with van der Waals surface area (Å²) in [4.78, 5) is 31.4. The molecule has 0 unspecified atom stereocenters. The van der Waals surface area contributed by atoms with E-state index in [1.54, 1.807) is 29.1 Å². The molecule has 0 amide bonds. The number of hydrogen-bond donors (Lipinski definition) is 1. The van der Waals surface area contributed by atoms with Gasteiger partial charge in [-0.1, -0.05) is 11.6 Å². The topological polar surface area (TPSA) is 103 Å². The van der Waals surface area contributed by atoms with E-state index in [0.717, 1.165) is 36.5 Å². The van der Waals surface area contributed by atoms with Gasteiger partial charge in [0.15, 0.2) is 0 Å². The molecule has 0 atom stereocenters. The van der Waals surface area contributed by atoms with Gasteiger partial charge in [-0.05, 0) is 86.1 Å². The van der Waals surface area contributed by atoms with Crippen LogP contribution in [0.5, 0.6) is 5.75 Å². The molecule has 208 valence electrons. The van der Waals surface area contributed by atoms with Crippen molar-refractivity contribution in [1.82, 2.24) is 24.5 Å². The van der Waals surface area contributed by atoms with Gasteiger partial charge in [0.05, 0.1) is 39.6 Å². The Morgan fingerprint density at radius 1 is 1.15 bits per heavy atom. The molecule has 8 nitrogen and oxygen atoms in total. The molecular weight excluding hydrogens is 601 g/mol. The summed E-state index contributed by atoms with van der Waals surface area (Å²) >= 11 is 9.46. The molecule has 4 aromatic rings. The van der Waals surface area contributed by atoms with Crippen LogP contribution in [0.1, 0.15) is 61.3 Å². The van der Waals surface area contributed by atoms with Crippen LogP contribution in [-0.2, 0) is 6.61 Å². The van der Waals surface area contributed by atoms with Crippen molar-refractivity contribution in [3.05, 3.63) is 91.3 Å². The number of aryl methyl sites for hydroxylation is 2. The third-order valence-electron chi connectivity index (χ3n) is 7.23. The fraction of sp³-hybridized carbons (Fsp3) is 0.345. The summed E-state index contributed by atoms with van der Waals surface area (Å²) in [5, 5.41) is 10.5. The Balaban J connectivity index is 1.44. The van der Waals surface area contributed by atoms with Crippen LogP contribution in [0.3, 0.4) is 0 Å². The highest BCUT2D eigenvalue weighted by atomic mass is 79.9. The van der Waals surface area contributed by atoms with Crippen molar-refractivity contribution in [2.45, 2.75) is 64.6 Å². The SMILES string of the molecule is Cc1cnc(-c2ccnc(C3CCC(C)(O)CC3)n2)cc1-n1c(C)cc(OCc2ncc(F)cc2Cl)c(Br)c1=O. The molecule has 0 bridgehead atoms. The smallest absolute Gasteiger partial charge is 0.273 e. The summed E-state index contributed by atoms with van der Waals surface area (Å²) in [5.74, 6) is 0.699. The highest BCUT2D eigenvalue weighted by Crippen LogP contribution is 2.37. The molecule has 0 radical (unpaired) electrons. The Morgan fingerprint density at radius 2 is 1.90 bits per heavy atom. The second-order valence-electron chi connectivity index (χ2n) is 10.4. The van der Waals surface area contributed by atoms with E-state index in [4.69, 9.17) is 21.3 Å². The first-order valence-electron chi connectivity index (χ1n) is 12.9. The molecule has 0 aromatic carbocycles. The fourth-order valence-corrected chi connectivity index (χ4v) is 5.50. The molecule has 0 saturated heterocycles. The van der Waals surface area contributed by atoms with E-state index < -0.39 is 11.4 Å². The summed E-state index contributed by atoms with van der Waals surface area (Å²) in [5.41, 5.74) is 2.80. The van der Waals surface area contributed by atoms with Gasteiger partial charge in [0.25, 0.3) is 5.56 Å². The summed E-state index contributed by atoms with van der Waals surface area (Å²) in [6, 6.07) is 6.55. The van der Waals surface area contributed by atoms with Gasteiger partial charge >= 0.3 is 0 Å². The van der Waals surface area contributed by atoms with Crippen LogP contribution in [0.2, 0.25) is 5.02 Å². The van der Waals surface area contributed by atoms with E-state index in [1.165, 1.54) is 0 Å².